The van der Waals surface area contributed by atoms with Crippen molar-refractivity contribution in [1.29, 1.82) is 0 Å². The minimum absolute atomic E-state index is 0.100. The van der Waals surface area contributed by atoms with Gasteiger partial charge >= 0.3 is 0 Å². The molecule has 2 aromatic carbocycles. The number of fused-ring (bicyclic) bond motifs is 1. The van der Waals surface area contributed by atoms with E-state index in [1.165, 1.54) is 21.4 Å². The molecular formula is C17H18N2S. The number of H-pyrrole nitrogens is 1. The van der Waals surface area contributed by atoms with E-state index < -0.39 is 0 Å². The van der Waals surface area contributed by atoms with Crippen LogP contribution in [0.5, 0.6) is 0 Å². The van der Waals surface area contributed by atoms with Crippen LogP contribution in [-0.4, -0.2) is 4.98 Å². The fraction of sp³-hybridized carbons (Fsp3) is 0.176. The SMILES string of the molecule is CC[C@@H](N)c1ccccc1Sc1cc2ccccc2[nH]1. The molecule has 0 saturated carbocycles. The highest BCUT2D eigenvalue weighted by atomic mass is 32.2. The van der Waals surface area contributed by atoms with Crippen molar-refractivity contribution in [1.82, 2.24) is 4.98 Å². The normalized spacial score (nSPS) is 12.7. The molecule has 0 radical (unpaired) electrons. The third kappa shape index (κ3) is 2.60. The van der Waals surface area contributed by atoms with Crippen LogP contribution in [0.1, 0.15) is 24.9 Å². The van der Waals surface area contributed by atoms with Crippen LogP contribution in [-0.2, 0) is 0 Å². The molecule has 3 rings (SSSR count). The lowest BCUT2D eigenvalue weighted by molar-refractivity contribution is 0.685. The Bertz CT molecular complexity index is 685. The molecule has 0 amide bonds. The van der Waals surface area contributed by atoms with Crippen LogP contribution in [0.3, 0.4) is 0 Å². The van der Waals surface area contributed by atoms with E-state index in [4.69, 9.17) is 5.73 Å². The van der Waals surface area contributed by atoms with E-state index in [0.29, 0.717) is 0 Å². The molecule has 0 saturated heterocycles. The highest BCUT2D eigenvalue weighted by Crippen LogP contribution is 2.34. The first-order valence-electron chi connectivity index (χ1n) is 6.88. The molecule has 1 atom stereocenters. The summed E-state index contributed by atoms with van der Waals surface area (Å²) in [4.78, 5) is 4.68. The molecule has 20 heavy (non-hydrogen) atoms. The summed E-state index contributed by atoms with van der Waals surface area (Å²) in [6.07, 6.45) is 0.949. The summed E-state index contributed by atoms with van der Waals surface area (Å²) in [5, 5.41) is 2.40. The number of para-hydroxylation sites is 1. The molecule has 0 aliphatic heterocycles. The fourth-order valence-corrected chi connectivity index (χ4v) is 3.39. The summed E-state index contributed by atoms with van der Waals surface area (Å²) in [5.74, 6) is 0. The van der Waals surface area contributed by atoms with Crippen molar-refractivity contribution in [3.8, 4) is 0 Å². The maximum atomic E-state index is 6.20. The molecule has 102 valence electrons. The van der Waals surface area contributed by atoms with Crippen molar-refractivity contribution < 1.29 is 0 Å². The van der Waals surface area contributed by atoms with E-state index >= 15 is 0 Å². The van der Waals surface area contributed by atoms with Crippen molar-refractivity contribution in [2.75, 3.05) is 0 Å². The average molecular weight is 282 g/mol. The minimum Gasteiger partial charge on any atom is -0.349 e. The molecule has 3 heteroatoms. The van der Waals surface area contributed by atoms with Crippen LogP contribution in [0.25, 0.3) is 10.9 Å². The molecule has 0 fully saturated rings. The predicted molar refractivity (Wildman–Crippen MR) is 86.1 cm³/mol. The quantitative estimate of drug-likeness (QED) is 0.726. The van der Waals surface area contributed by atoms with Gasteiger partial charge in [-0.25, -0.2) is 0 Å². The van der Waals surface area contributed by atoms with E-state index in [2.05, 4.69) is 60.4 Å². The van der Waals surface area contributed by atoms with Crippen LogP contribution < -0.4 is 5.73 Å². The number of aromatic nitrogens is 1. The summed E-state index contributed by atoms with van der Waals surface area (Å²) < 4.78 is 0. The zero-order valence-electron chi connectivity index (χ0n) is 11.5. The topological polar surface area (TPSA) is 41.8 Å². The molecule has 2 nitrogen and oxygen atoms in total. The number of rotatable bonds is 4. The lowest BCUT2D eigenvalue weighted by Gasteiger charge is -2.13. The second kappa shape index (κ2) is 5.73. The zero-order chi connectivity index (χ0) is 13.9. The number of hydrogen-bond acceptors (Lipinski definition) is 2. The lowest BCUT2D eigenvalue weighted by atomic mass is 10.1. The summed E-state index contributed by atoms with van der Waals surface area (Å²) in [5.41, 5.74) is 8.59. The second-order valence-corrected chi connectivity index (χ2v) is 5.96. The zero-order valence-corrected chi connectivity index (χ0v) is 12.3. The molecular weight excluding hydrogens is 264 g/mol. The Morgan fingerprint density at radius 3 is 2.65 bits per heavy atom. The highest BCUT2D eigenvalue weighted by Gasteiger charge is 2.11. The molecule has 0 unspecified atom stereocenters. The van der Waals surface area contributed by atoms with Crippen molar-refractivity contribution >= 4 is 22.7 Å². The number of nitrogens with two attached hydrogens (primary N) is 1. The lowest BCUT2D eigenvalue weighted by Crippen LogP contribution is -2.09. The van der Waals surface area contributed by atoms with E-state index in [1.54, 1.807) is 11.8 Å². The predicted octanol–water partition coefficient (Wildman–Crippen LogP) is 4.73. The van der Waals surface area contributed by atoms with E-state index in [0.717, 1.165) is 11.4 Å². The largest absolute Gasteiger partial charge is 0.349 e. The standard InChI is InChI=1S/C17H18N2S/c1-2-14(18)13-8-4-6-10-16(13)20-17-11-12-7-3-5-9-15(12)19-17/h3-11,14,19H,2,18H2,1H3/t14-/m1/s1. The van der Waals surface area contributed by atoms with Crippen LogP contribution >= 0.6 is 11.8 Å². The van der Waals surface area contributed by atoms with Crippen LogP contribution in [0, 0.1) is 0 Å². The Hall–Kier alpha value is -1.71. The van der Waals surface area contributed by atoms with Crippen LogP contribution in [0.15, 0.2) is 64.5 Å². The Morgan fingerprint density at radius 1 is 1.10 bits per heavy atom. The Kier molecular flexibility index (Phi) is 3.81. The maximum Gasteiger partial charge on any atom is 0.0780 e. The van der Waals surface area contributed by atoms with Gasteiger partial charge < -0.3 is 10.7 Å². The second-order valence-electron chi connectivity index (χ2n) is 4.88. The fourth-order valence-electron chi connectivity index (χ4n) is 2.32. The van der Waals surface area contributed by atoms with Gasteiger partial charge in [-0.05, 0) is 30.2 Å². The van der Waals surface area contributed by atoms with Crippen molar-refractivity contribution in [2.24, 2.45) is 5.73 Å². The van der Waals surface area contributed by atoms with Gasteiger partial charge in [0.25, 0.3) is 0 Å². The van der Waals surface area contributed by atoms with Gasteiger partial charge in [0.1, 0.15) is 0 Å². The smallest absolute Gasteiger partial charge is 0.0780 e. The van der Waals surface area contributed by atoms with Gasteiger partial charge in [0, 0.05) is 21.8 Å². The summed E-state index contributed by atoms with van der Waals surface area (Å²) >= 11 is 1.75. The Morgan fingerprint density at radius 2 is 1.85 bits per heavy atom. The third-order valence-electron chi connectivity index (χ3n) is 3.48. The van der Waals surface area contributed by atoms with Gasteiger partial charge in [-0.2, -0.15) is 0 Å². The maximum absolute atomic E-state index is 6.20. The van der Waals surface area contributed by atoms with E-state index in [1.807, 2.05) is 6.07 Å². The van der Waals surface area contributed by atoms with E-state index in [9.17, 15) is 0 Å². The summed E-state index contributed by atoms with van der Waals surface area (Å²) in [6.45, 7) is 2.12. The van der Waals surface area contributed by atoms with E-state index in [-0.39, 0.29) is 6.04 Å². The first-order valence-corrected chi connectivity index (χ1v) is 7.69. The molecule has 1 aromatic heterocycles. The number of hydrogen-bond donors (Lipinski definition) is 2. The van der Waals surface area contributed by atoms with Gasteiger partial charge in [0.2, 0.25) is 0 Å². The Labute approximate surface area is 123 Å². The van der Waals surface area contributed by atoms with Gasteiger partial charge in [-0.15, -0.1) is 0 Å². The molecule has 3 aromatic rings. The van der Waals surface area contributed by atoms with Gasteiger partial charge in [-0.3, -0.25) is 0 Å². The number of aromatic amines is 1. The average Bonchev–Trinajstić information content (AvgIpc) is 2.89. The number of benzene rings is 2. The first kappa shape index (κ1) is 13.3. The van der Waals surface area contributed by atoms with Crippen molar-refractivity contribution in [3.05, 3.63) is 60.2 Å². The van der Waals surface area contributed by atoms with Gasteiger partial charge in [0.15, 0.2) is 0 Å². The highest BCUT2D eigenvalue weighted by molar-refractivity contribution is 7.99. The molecule has 0 aliphatic carbocycles. The summed E-state index contributed by atoms with van der Waals surface area (Å²) in [7, 11) is 0. The van der Waals surface area contributed by atoms with Gasteiger partial charge in [0.05, 0.1) is 5.03 Å². The number of nitrogens with one attached hydrogen (secondary N) is 1. The van der Waals surface area contributed by atoms with Gasteiger partial charge in [-0.1, -0.05) is 55.1 Å². The molecule has 0 aliphatic rings. The summed E-state index contributed by atoms with van der Waals surface area (Å²) in [6, 6.07) is 19.0. The van der Waals surface area contributed by atoms with Crippen LogP contribution in [0.4, 0.5) is 0 Å². The van der Waals surface area contributed by atoms with Crippen LogP contribution in [0.2, 0.25) is 0 Å². The molecule has 0 spiro atoms. The molecule has 3 N–H and O–H groups in total. The first-order chi connectivity index (χ1) is 9.78. The third-order valence-corrected chi connectivity index (χ3v) is 4.52. The Balaban J connectivity index is 1.94. The molecule has 1 heterocycles. The monoisotopic (exact) mass is 282 g/mol. The van der Waals surface area contributed by atoms with Crippen molar-refractivity contribution in [3.63, 3.8) is 0 Å². The molecule has 0 bridgehead atoms. The minimum atomic E-state index is 0.100. The van der Waals surface area contributed by atoms with Crippen molar-refractivity contribution in [2.45, 2.75) is 29.3 Å².